The Balaban J connectivity index is 1.59. The van der Waals surface area contributed by atoms with Gasteiger partial charge in [-0.05, 0) is 25.0 Å². The second-order valence-corrected chi connectivity index (χ2v) is 7.06. The maximum Gasteiger partial charge on any atom is 0.264 e. The van der Waals surface area contributed by atoms with E-state index in [-0.39, 0.29) is 24.0 Å². The van der Waals surface area contributed by atoms with E-state index in [0.717, 1.165) is 24.3 Å². The van der Waals surface area contributed by atoms with Gasteiger partial charge >= 0.3 is 0 Å². The van der Waals surface area contributed by atoms with Gasteiger partial charge < -0.3 is 19.7 Å². The Hall–Kier alpha value is -1.44. The minimum absolute atomic E-state index is 0.0194. The van der Waals surface area contributed by atoms with E-state index in [1.54, 1.807) is 0 Å². The van der Waals surface area contributed by atoms with Crippen LogP contribution in [0.4, 0.5) is 0 Å². The summed E-state index contributed by atoms with van der Waals surface area (Å²) in [6, 6.07) is 3.73. The Bertz CT molecular complexity index is 568. The highest BCUT2D eigenvalue weighted by atomic mass is 32.1. The van der Waals surface area contributed by atoms with E-state index in [1.165, 1.54) is 18.3 Å². The van der Waals surface area contributed by atoms with Crippen LogP contribution in [-0.2, 0) is 20.8 Å². The minimum Gasteiger partial charge on any atom is -0.375 e. The molecule has 2 saturated heterocycles. The molecule has 7 heteroatoms. The Kier molecular flexibility index (Phi) is 5.30. The van der Waals surface area contributed by atoms with Crippen LogP contribution < -0.4 is 5.32 Å². The zero-order valence-electron chi connectivity index (χ0n) is 13.2. The SMILES string of the molecule is CC(=O)NCc1ccc(C(=O)N2CCOC(C3CCCO3)C2)s1. The van der Waals surface area contributed by atoms with Gasteiger partial charge in [0.2, 0.25) is 5.91 Å². The Labute approximate surface area is 139 Å². The maximum atomic E-state index is 12.7. The topological polar surface area (TPSA) is 67.9 Å². The summed E-state index contributed by atoms with van der Waals surface area (Å²) in [5, 5.41) is 2.75. The molecule has 0 spiro atoms. The van der Waals surface area contributed by atoms with Crippen LogP contribution in [0.15, 0.2) is 12.1 Å². The van der Waals surface area contributed by atoms with Crippen molar-refractivity contribution in [3.63, 3.8) is 0 Å². The van der Waals surface area contributed by atoms with Crippen molar-refractivity contribution in [3.8, 4) is 0 Å². The first kappa shape index (κ1) is 16.4. The highest BCUT2D eigenvalue weighted by Gasteiger charge is 2.33. The first-order chi connectivity index (χ1) is 11.1. The first-order valence-electron chi connectivity index (χ1n) is 7.99. The van der Waals surface area contributed by atoms with Crippen LogP contribution in [0.25, 0.3) is 0 Å². The summed E-state index contributed by atoms with van der Waals surface area (Å²) in [6.07, 6.45) is 2.17. The minimum atomic E-state index is -0.0705. The van der Waals surface area contributed by atoms with Gasteiger partial charge in [-0.25, -0.2) is 0 Å². The molecule has 1 aromatic heterocycles. The lowest BCUT2D eigenvalue weighted by molar-refractivity contribution is -0.119. The van der Waals surface area contributed by atoms with E-state index >= 15 is 0 Å². The van der Waals surface area contributed by atoms with Crippen molar-refractivity contribution in [2.24, 2.45) is 0 Å². The highest BCUT2D eigenvalue weighted by Crippen LogP contribution is 2.23. The second kappa shape index (κ2) is 7.42. The summed E-state index contributed by atoms with van der Waals surface area (Å²) in [7, 11) is 0. The van der Waals surface area contributed by atoms with Crippen LogP contribution in [-0.4, -0.2) is 55.2 Å². The van der Waals surface area contributed by atoms with Crippen LogP contribution in [0.5, 0.6) is 0 Å². The number of hydrogen-bond donors (Lipinski definition) is 1. The van der Waals surface area contributed by atoms with E-state index in [2.05, 4.69) is 5.32 Å². The molecular weight excluding hydrogens is 316 g/mol. The van der Waals surface area contributed by atoms with Gasteiger partial charge in [0.1, 0.15) is 6.10 Å². The molecule has 2 atom stereocenters. The summed E-state index contributed by atoms with van der Waals surface area (Å²) in [5.74, 6) is -0.0331. The largest absolute Gasteiger partial charge is 0.375 e. The lowest BCUT2D eigenvalue weighted by Gasteiger charge is -2.35. The number of morpholine rings is 1. The molecule has 23 heavy (non-hydrogen) atoms. The number of thiophene rings is 1. The van der Waals surface area contributed by atoms with E-state index in [0.29, 0.717) is 31.1 Å². The molecule has 0 aliphatic carbocycles. The summed E-state index contributed by atoms with van der Waals surface area (Å²) >= 11 is 1.43. The van der Waals surface area contributed by atoms with Crippen LogP contribution in [0.1, 0.15) is 34.3 Å². The summed E-state index contributed by atoms with van der Waals surface area (Å²) in [4.78, 5) is 27.2. The molecule has 3 rings (SSSR count). The Morgan fingerprint density at radius 3 is 2.87 bits per heavy atom. The monoisotopic (exact) mass is 338 g/mol. The molecule has 6 nitrogen and oxygen atoms in total. The molecule has 126 valence electrons. The molecular formula is C16H22N2O4S. The number of hydrogen-bond acceptors (Lipinski definition) is 5. The Morgan fingerprint density at radius 1 is 1.30 bits per heavy atom. The normalized spacial score (nSPS) is 24.7. The number of nitrogens with zero attached hydrogens (tertiary/aromatic N) is 1. The Morgan fingerprint density at radius 2 is 2.13 bits per heavy atom. The smallest absolute Gasteiger partial charge is 0.264 e. The molecule has 2 aliphatic heterocycles. The molecule has 0 bridgehead atoms. The van der Waals surface area contributed by atoms with Crippen LogP contribution in [0.3, 0.4) is 0 Å². The summed E-state index contributed by atoms with van der Waals surface area (Å²) in [6.45, 7) is 4.49. The molecule has 2 aliphatic rings. The number of carbonyl (C=O) groups is 2. The fourth-order valence-corrected chi connectivity index (χ4v) is 3.85. The fraction of sp³-hybridized carbons (Fsp3) is 0.625. The van der Waals surface area contributed by atoms with Crippen molar-refractivity contribution < 1.29 is 19.1 Å². The lowest BCUT2D eigenvalue weighted by atomic mass is 10.1. The molecule has 1 N–H and O–H groups in total. The van der Waals surface area contributed by atoms with Gasteiger partial charge in [0, 0.05) is 31.5 Å². The number of amides is 2. The lowest BCUT2D eigenvalue weighted by Crippen LogP contribution is -2.49. The van der Waals surface area contributed by atoms with Crippen molar-refractivity contribution in [3.05, 3.63) is 21.9 Å². The standard InChI is InChI=1S/C16H22N2O4S/c1-11(19)17-9-12-4-5-15(23-12)16(20)18-6-8-22-14(10-18)13-3-2-7-21-13/h4-5,13-14H,2-3,6-10H2,1H3,(H,17,19). The number of rotatable bonds is 4. The maximum absolute atomic E-state index is 12.7. The van der Waals surface area contributed by atoms with Crippen molar-refractivity contribution in [1.82, 2.24) is 10.2 Å². The second-order valence-electron chi connectivity index (χ2n) is 5.89. The first-order valence-corrected chi connectivity index (χ1v) is 8.81. The van der Waals surface area contributed by atoms with Crippen molar-refractivity contribution in [1.29, 1.82) is 0 Å². The quantitative estimate of drug-likeness (QED) is 0.901. The predicted molar refractivity (Wildman–Crippen MR) is 86.5 cm³/mol. The van der Waals surface area contributed by atoms with Crippen molar-refractivity contribution >= 4 is 23.2 Å². The van der Waals surface area contributed by atoms with E-state index in [9.17, 15) is 9.59 Å². The van der Waals surface area contributed by atoms with E-state index in [1.807, 2.05) is 17.0 Å². The molecule has 2 fully saturated rings. The number of nitrogens with one attached hydrogen (secondary N) is 1. The highest BCUT2D eigenvalue weighted by molar-refractivity contribution is 7.14. The van der Waals surface area contributed by atoms with Crippen LogP contribution in [0, 0.1) is 0 Å². The molecule has 0 radical (unpaired) electrons. The molecule has 3 heterocycles. The molecule has 0 aromatic carbocycles. The van der Waals surface area contributed by atoms with E-state index in [4.69, 9.17) is 9.47 Å². The summed E-state index contributed by atoms with van der Waals surface area (Å²) in [5.41, 5.74) is 0. The third kappa shape index (κ3) is 4.10. The van der Waals surface area contributed by atoms with Gasteiger partial charge in [0.25, 0.3) is 5.91 Å². The zero-order chi connectivity index (χ0) is 16.2. The van der Waals surface area contributed by atoms with Gasteiger partial charge in [-0.2, -0.15) is 0 Å². The molecule has 1 aromatic rings. The van der Waals surface area contributed by atoms with Crippen molar-refractivity contribution in [2.75, 3.05) is 26.3 Å². The third-order valence-corrected chi connectivity index (χ3v) is 5.22. The van der Waals surface area contributed by atoms with Gasteiger partial charge in [0.15, 0.2) is 0 Å². The average Bonchev–Trinajstić information content (AvgIpc) is 3.24. The van der Waals surface area contributed by atoms with Crippen molar-refractivity contribution in [2.45, 2.75) is 38.5 Å². The van der Waals surface area contributed by atoms with Gasteiger partial charge in [-0.3, -0.25) is 9.59 Å². The third-order valence-electron chi connectivity index (χ3n) is 4.14. The number of ether oxygens (including phenoxy) is 2. The average molecular weight is 338 g/mol. The van der Waals surface area contributed by atoms with Gasteiger partial charge in [-0.1, -0.05) is 0 Å². The van der Waals surface area contributed by atoms with Gasteiger partial charge in [0.05, 0.1) is 24.1 Å². The molecule has 2 unspecified atom stereocenters. The summed E-state index contributed by atoms with van der Waals surface area (Å²) < 4.78 is 11.5. The fourth-order valence-electron chi connectivity index (χ4n) is 2.94. The van der Waals surface area contributed by atoms with Crippen LogP contribution >= 0.6 is 11.3 Å². The number of carbonyl (C=O) groups excluding carboxylic acids is 2. The van der Waals surface area contributed by atoms with Crippen LogP contribution in [0.2, 0.25) is 0 Å². The van der Waals surface area contributed by atoms with Gasteiger partial charge in [-0.15, -0.1) is 11.3 Å². The molecule has 2 amide bonds. The zero-order valence-corrected chi connectivity index (χ0v) is 14.1. The van der Waals surface area contributed by atoms with E-state index < -0.39 is 0 Å². The molecule has 0 saturated carbocycles. The predicted octanol–water partition coefficient (Wildman–Crippen LogP) is 1.40.